The normalized spacial score (nSPS) is 26.0. The number of amides is 2. The maximum atomic E-state index is 13.1. The number of likely N-dealkylation sites (tertiary alicyclic amines) is 1. The number of carbonyl (C=O) groups excluding carboxylic acids is 2. The second kappa shape index (κ2) is 6.16. The number of anilines is 1. The number of hydrogen-bond donors (Lipinski definition) is 1. The summed E-state index contributed by atoms with van der Waals surface area (Å²) >= 11 is 0. The second-order valence-electron chi connectivity index (χ2n) is 7.55. The number of rotatable bonds is 3. The molecule has 0 unspecified atom stereocenters. The zero-order valence-corrected chi connectivity index (χ0v) is 14.9. The molecule has 6 heteroatoms. The first-order valence-corrected chi connectivity index (χ1v) is 9.45. The van der Waals surface area contributed by atoms with E-state index in [2.05, 4.69) is 4.98 Å². The molecule has 5 rings (SSSR count). The van der Waals surface area contributed by atoms with Gasteiger partial charge in [-0.25, -0.2) is 0 Å². The Labute approximate surface area is 157 Å². The molecule has 1 saturated carbocycles. The molecule has 1 saturated heterocycles. The Kier molecular flexibility index (Phi) is 3.75. The van der Waals surface area contributed by atoms with E-state index in [0.717, 1.165) is 24.1 Å². The van der Waals surface area contributed by atoms with Crippen LogP contribution in [0.25, 0.3) is 0 Å². The lowest BCUT2D eigenvalue weighted by Gasteiger charge is -2.59. The van der Waals surface area contributed by atoms with E-state index in [0.29, 0.717) is 12.2 Å². The number of aliphatic hydroxyl groups is 1. The van der Waals surface area contributed by atoms with Crippen LogP contribution in [0, 0.1) is 5.92 Å². The first kappa shape index (κ1) is 16.4. The van der Waals surface area contributed by atoms with Crippen LogP contribution in [0.15, 0.2) is 48.7 Å². The first-order valence-electron chi connectivity index (χ1n) is 9.45. The van der Waals surface area contributed by atoms with Gasteiger partial charge in [0.15, 0.2) is 0 Å². The highest BCUT2D eigenvalue weighted by atomic mass is 16.3. The molecule has 0 bridgehead atoms. The summed E-state index contributed by atoms with van der Waals surface area (Å²) in [5.74, 6) is 0.131. The van der Waals surface area contributed by atoms with Gasteiger partial charge in [0, 0.05) is 30.3 Å². The van der Waals surface area contributed by atoms with Gasteiger partial charge in [0.2, 0.25) is 5.91 Å². The molecule has 2 amide bonds. The summed E-state index contributed by atoms with van der Waals surface area (Å²) in [7, 11) is 0. The Balaban J connectivity index is 1.53. The fourth-order valence-electron chi connectivity index (χ4n) is 4.55. The number of para-hydroxylation sites is 1. The van der Waals surface area contributed by atoms with Gasteiger partial charge in [-0.2, -0.15) is 0 Å². The Morgan fingerprint density at radius 1 is 1.11 bits per heavy atom. The number of fused-ring (bicyclic) bond motifs is 3. The number of benzene rings is 1. The highest BCUT2D eigenvalue weighted by Gasteiger charge is 2.57. The van der Waals surface area contributed by atoms with E-state index in [4.69, 9.17) is 0 Å². The topological polar surface area (TPSA) is 73.7 Å². The van der Waals surface area contributed by atoms with Crippen LogP contribution in [0.5, 0.6) is 0 Å². The summed E-state index contributed by atoms with van der Waals surface area (Å²) in [6.07, 6.45) is 3.47. The third kappa shape index (κ3) is 2.47. The second-order valence-corrected chi connectivity index (χ2v) is 7.55. The van der Waals surface area contributed by atoms with E-state index in [9.17, 15) is 14.7 Å². The van der Waals surface area contributed by atoms with Crippen LogP contribution >= 0.6 is 0 Å². The molecular weight excluding hydrogens is 342 g/mol. The summed E-state index contributed by atoms with van der Waals surface area (Å²) in [6, 6.07) is 12.8. The Morgan fingerprint density at radius 2 is 1.89 bits per heavy atom. The van der Waals surface area contributed by atoms with E-state index >= 15 is 0 Å². The number of carbonyl (C=O) groups is 2. The standard InChI is InChI=1S/C21H21N3O3/c25-12-18-19-14-5-1-2-7-16(14)23(21(27)15-6-3-4-10-22-15)11-17(19)24(18)20(26)13-8-9-13/h1-7,10,13,17-19,25H,8-9,11-12H2/t17-,18+,19+/m1/s1. The van der Waals surface area contributed by atoms with Gasteiger partial charge in [0.1, 0.15) is 5.69 Å². The van der Waals surface area contributed by atoms with Crippen molar-refractivity contribution in [2.75, 3.05) is 18.1 Å². The van der Waals surface area contributed by atoms with Crippen molar-refractivity contribution in [2.45, 2.75) is 30.8 Å². The minimum atomic E-state index is -0.198. The summed E-state index contributed by atoms with van der Waals surface area (Å²) in [5, 5.41) is 9.94. The number of pyridine rings is 1. The van der Waals surface area contributed by atoms with Gasteiger partial charge in [-0.05, 0) is 36.6 Å². The van der Waals surface area contributed by atoms with Crippen LogP contribution in [0.2, 0.25) is 0 Å². The molecule has 2 fully saturated rings. The fraction of sp³-hybridized carbons (Fsp3) is 0.381. The average molecular weight is 363 g/mol. The molecular formula is C21H21N3O3. The highest BCUT2D eigenvalue weighted by Crippen LogP contribution is 2.50. The maximum Gasteiger partial charge on any atom is 0.276 e. The van der Waals surface area contributed by atoms with E-state index < -0.39 is 0 Å². The van der Waals surface area contributed by atoms with Crippen LogP contribution in [-0.4, -0.2) is 52.0 Å². The van der Waals surface area contributed by atoms with Crippen molar-refractivity contribution in [3.05, 3.63) is 59.9 Å². The molecule has 2 aliphatic heterocycles. The summed E-state index contributed by atoms with van der Waals surface area (Å²) < 4.78 is 0. The molecule has 0 radical (unpaired) electrons. The van der Waals surface area contributed by atoms with Crippen molar-refractivity contribution in [1.29, 1.82) is 0 Å². The van der Waals surface area contributed by atoms with Gasteiger partial charge in [0.05, 0.1) is 18.7 Å². The Bertz CT molecular complexity index is 897. The van der Waals surface area contributed by atoms with E-state index in [1.807, 2.05) is 29.2 Å². The van der Waals surface area contributed by atoms with E-state index in [-0.39, 0.29) is 42.3 Å². The minimum absolute atomic E-state index is 0.0534. The predicted octanol–water partition coefficient (Wildman–Crippen LogP) is 1.81. The lowest BCUT2D eigenvalue weighted by Crippen LogP contribution is -2.71. The van der Waals surface area contributed by atoms with Gasteiger partial charge < -0.3 is 14.9 Å². The molecule has 0 spiro atoms. The van der Waals surface area contributed by atoms with Gasteiger partial charge in [-0.1, -0.05) is 24.3 Å². The summed E-state index contributed by atoms with van der Waals surface area (Å²) in [5.41, 5.74) is 2.27. The van der Waals surface area contributed by atoms with Crippen LogP contribution in [0.3, 0.4) is 0 Å². The zero-order chi connectivity index (χ0) is 18.5. The minimum Gasteiger partial charge on any atom is -0.394 e. The Morgan fingerprint density at radius 3 is 2.59 bits per heavy atom. The van der Waals surface area contributed by atoms with Crippen molar-refractivity contribution in [3.63, 3.8) is 0 Å². The summed E-state index contributed by atoms with van der Waals surface area (Å²) in [4.78, 5) is 33.7. The van der Waals surface area contributed by atoms with Crippen molar-refractivity contribution >= 4 is 17.5 Å². The molecule has 1 N–H and O–H groups in total. The van der Waals surface area contributed by atoms with Crippen LogP contribution in [-0.2, 0) is 4.79 Å². The highest BCUT2D eigenvalue weighted by molar-refractivity contribution is 6.06. The third-order valence-corrected chi connectivity index (χ3v) is 6.00. The van der Waals surface area contributed by atoms with Crippen molar-refractivity contribution in [2.24, 2.45) is 5.92 Å². The van der Waals surface area contributed by atoms with E-state index in [1.54, 1.807) is 29.3 Å². The molecule has 3 heterocycles. The quantitative estimate of drug-likeness (QED) is 0.903. The lowest BCUT2D eigenvalue weighted by molar-refractivity contribution is -0.151. The zero-order valence-electron chi connectivity index (χ0n) is 14.9. The van der Waals surface area contributed by atoms with Crippen LogP contribution < -0.4 is 4.90 Å². The van der Waals surface area contributed by atoms with E-state index in [1.165, 1.54) is 0 Å². The smallest absolute Gasteiger partial charge is 0.276 e. The number of aromatic nitrogens is 1. The van der Waals surface area contributed by atoms with Gasteiger partial charge in [-0.15, -0.1) is 0 Å². The fourth-order valence-corrected chi connectivity index (χ4v) is 4.55. The van der Waals surface area contributed by atoms with Gasteiger partial charge in [-0.3, -0.25) is 14.6 Å². The van der Waals surface area contributed by atoms with Gasteiger partial charge in [0.25, 0.3) is 5.91 Å². The van der Waals surface area contributed by atoms with Crippen molar-refractivity contribution in [3.8, 4) is 0 Å². The lowest BCUT2D eigenvalue weighted by atomic mass is 9.71. The molecule has 1 aromatic carbocycles. The third-order valence-electron chi connectivity index (χ3n) is 6.00. The molecule has 2 aromatic rings. The number of hydrogen-bond acceptors (Lipinski definition) is 4. The molecule has 1 aromatic heterocycles. The predicted molar refractivity (Wildman–Crippen MR) is 99.3 cm³/mol. The molecule has 3 atom stereocenters. The molecule has 6 nitrogen and oxygen atoms in total. The number of nitrogens with zero attached hydrogens (tertiary/aromatic N) is 3. The largest absolute Gasteiger partial charge is 0.394 e. The van der Waals surface area contributed by atoms with Crippen LogP contribution in [0.1, 0.15) is 34.8 Å². The molecule has 138 valence electrons. The maximum absolute atomic E-state index is 13.1. The van der Waals surface area contributed by atoms with Gasteiger partial charge >= 0.3 is 0 Å². The van der Waals surface area contributed by atoms with Crippen LogP contribution in [0.4, 0.5) is 5.69 Å². The summed E-state index contributed by atoms with van der Waals surface area (Å²) in [6.45, 7) is 0.383. The molecule has 27 heavy (non-hydrogen) atoms. The SMILES string of the molecule is O=C(c1ccccn1)N1C[C@@H]2[C@H](c3ccccc31)[C@H](CO)N2C(=O)C1CC1. The monoisotopic (exact) mass is 363 g/mol. The van der Waals surface area contributed by atoms with Crippen molar-refractivity contribution in [1.82, 2.24) is 9.88 Å². The Hall–Kier alpha value is -2.73. The molecule has 3 aliphatic rings. The molecule has 1 aliphatic carbocycles. The number of aliphatic hydroxyl groups excluding tert-OH is 1. The average Bonchev–Trinajstić information content (AvgIpc) is 3.54. The van der Waals surface area contributed by atoms with Crippen molar-refractivity contribution < 1.29 is 14.7 Å². The first-order chi connectivity index (χ1) is 13.2.